The molecule has 2 aromatic rings. The van der Waals surface area contributed by atoms with Crippen LogP contribution in [0.1, 0.15) is 36.5 Å². The first-order chi connectivity index (χ1) is 8.77. The van der Waals surface area contributed by atoms with Crippen LogP contribution in [-0.4, -0.2) is 0 Å². The fourth-order valence-corrected chi connectivity index (χ4v) is 3.00. The maximum Gasteiger partial charge on any atom is 0.0403 e. The standard InChI is InChI=1S/C17H19N/c1-12(2)17-14-8-4-3-7-13(14)11-18-16-10-6-5-9-15(16)17/h3-10,12,17-18H,11H2,1-2H3. The summed E-state index contributed by atoms with van der Waals surface area (Å²) in [6.45, 7) is 5.55. The van der Waals surface area contributed by atoms with Crippen LogP contribution in [0.5, 0.6) is 0 Å². The van der Waals surface area contributed by atoms with Crippen LogP contribution in [0.3, 0.4) is 0 Å². The third-order valence-electron chi connectivity index (χ3n) is 3.82. The lowest BCUT2D eigenvalue weighted by Crippen LogP contribution is -2.09. The van der Waals surface area contributed by atoms with Crippen molar-refractivity contribution in [3.8, 4) is 0 Å². The van der Waals surface area contributed by atoms with Crippen molar-refractivity contribution in [2.75, 3.05) is 5.32 Å². The van der Waals surface area contributed by atoms with Gasteiger partial charge in [0.25, 0.3) is 0 Å². The fraction of sp³-hybridized carbons (Fsp3) is 0.294. The van der Waals surface area contributed by atoms with Crippen LogP contribution >= 0.6 is 0 Å². The zero-order valence-electron chi connectivity index (χ0n) is 11.0. The molecule has 0 saturated heterocycles. The predicted molar refractivity (Wildman–Crippen MR) is 76.9 cm³/mol. The van der Waals surface area contributed by atoms with Gasteiger partial charge in [-0.1, -0.05) is 56.3 Å². The molecule has 0 amide bonds. The van der Waals surface area contributed by atoms with Crippen molar-refractivity contribution in [1.29, 1.82) is 0 Å². The molecule has 1 atom stereocenters. The van der Waals surface area contributed by atoms with E-state index in [9.17, 15) is 0 Å². The number of hydrogen-bond donors (Lipinski definition) is 1. The van der Waals surface area contributed by atoms with E-state index in [0.717, 1.165) is 6.54 Å². The minimum atomic E-state index is 0.493. The van der Waals surface area contributed by atoms with Crippen LogP contribution < -0.4 is 5.32 Å². The monoisotopic (exact) mass is 237 g/mol. The van der Waals surface area contributed by atoms with Crippen molar-refractivity contribution in [2.24, 2.45) is 5.92 Å². The first-order valence-corrected chi connectivity index (χ1v) is 6.68. The van der Waals surface area contributed by atoms with E-state index in [1.54, 1.807) is 0 Å². The summed E-state index contributed by atoms with van der Waals surface area (Å²) < 4.78 is 0. The van der Waals surface area contributed by atoms with Crippen LogP contribution in [0.25, 0.3) is 0 Å². The quantitative estimate of drug-likeness (QED) is 0.775. The fourth-order valence-electron chi connectivity index (χ4n) is 3.00. The number of anilines is 1. The molecule has 92 valence electrons. The van der Waals surface area contributed by atoms with Crippen LogP contribution in [0, 0.1) is 5.92 Å². The van der Waals surface area contributed by atoms with Gasteiger partial charge in [0.15, 0.2) is 0 Å². The minimum absolute atomic E-state index is 0.493. The van der Waals surface area contributed by atoms with E-state index in [1.165, 1.54) is 22.4 Å². The number of hydrogen-bond acceptors (Lipinski definition) is 1. The Bertz CT molecular complexity index is 510. The summed E-state index contributed by atoms with van der Waals surface area (Å²) in [5.41, 5.74) is 5.61. The van der Waals surface area contributed by atoms with E-state index in [4.69, 9.17) is 0 Å². The number of rotatable bonds is 1. The van der Waals surface area contributed by atoms with Crippen molar-refractivity contribution in [2.45, 2.75) is 26.3 Å². The second kappa shape index (κ2) is 4.49. The van der Waals surface area contributed by atoms with Crippen molar-refractivity contribution in [3.05, 3.63) is 65.2 Å². The molecule has 3 rings (SSSR count). The summed E-state index contributed by atoms with van der Waals surface area (Å²) in [6, 6.07) is 17.5. The molecule has 18 heavy (non-hydrogen) atoms. The highest BCUT2D eigenvalue weighted by Gasteiger charge is 2.25. The summed E-state index contributed by atoms with van der Waals surface area (Å²) >= 11 is 0. The molecular formula is C17H19N. The van der Waals surface area contributed by atoms with Gasteiger partial charge in [0, 0.05) is 18.2 Å². The van der Waals surface area contributed by atoms with E-state index in [2.05, 4.69) is 67.7 Å². The third-order valence-corrected chi connectivity index (χ3v) is 3.82. The zero-order chi connectivity index (χ0) is 12.5. The van der Waals surface area contributed by atoms with Crippen LogP contribution in [0.2, 0.25) is 0 Å². The number of nitrogens with one attached hydrogen (secondary N) is 1. The maximum absolute atomic E-state index is 3.57. The van der Waals surface area contributed by atoms with Gasteiger partial charge in [-0.2, -0.15) is 0 Å². The van der Waals surface area contributed by atoms with Gasteiger partial charge >= 0.3 is 0 Å². The van der Waals surface area contributed by atoms with Crippen molar-refractivity contribution < 1.29 is 0 Å². The molecule has 1 heterocycles. The molecule has 1 unspecified atom stereocenters. The normalized spacial score (nSPS) is 17.6. The molecule has 0 radical (unpaired) electrons. The molecule has 0 saturated carbocycles. The number of para-hydroxylation sites is 1. The summed E-state index contributed by atoms with van der Waals surface area (Å²) in [5.74, 6) is 1.10. The molecule has 0 bridgehead atoms. The molecule has 1 N–H and O–H groups in total. The van der Waals surface area contributed by atoms with Gasteiger partial charge in [-0.15, -0.1) is 0 Å². The molecule has 0 spiro atoms. The van der Waals surface area contributed by atoms with Crippen molar-refractivity contribution >= 4 is 5.69 Å². The van der Waals surface area contributed by atoms with E-state index < -0.39 is 0 Å². The zero-order valence-corrected chi connectivity index (χ0v) is 11.0. The molecule has 2 aromatic carbocycles. The second-order valence-corrected chi connectivity index (χ2v) is 5.36. The van der Waals surface area contributed by atoms with Gasteiger partial charge in [-0.25, -0.2) is 0 Å². The van der Waals surface area contributed by atoms with Gasteiger partial charge in [-0.05, 0) is 28.7 Å². The topological polar surface area (TPSA) is 12.0 Å². The Morgan fingerprint density at radius 3 is 2.39 bits per heavy atom. The van der Waals surface area contributed by atoms with E-state index in [0.29, 0.717) is 11.8 Å². The predicted octanol–water partition coefficient (Wildman–Crippen LogP) is 4.40. The van der Waals surface area contributed by atoms with Crippen LogP contribution in [0.4, 0.5) is 5.69 Å². The summed E-state index contributed by atoms with van der Waals surface area (Å²) in [7, 11) is 0. The Labute approximate surface area is 109 Å². The molecule has 1 aliphatic heterocycles. The van der Waals surface area contributed by atoms with Gasteiger partial charge in [0.1, 0.15) is 0 Å². The molecule has 1 heteroatoms. The molecule has 0 aliphatic carbocycles. The van der Waals surface area contributed by atoms with Crippen molar-refractivity contribution in [1.82, 2.24) is 0 Å². The Balaban J connectivity index is 2.21. The van der Waals surface area contributed by atoms with Crippen molar-refractivity contribution in [3.63, 3.8) is 0 Å². The first kappa shape index (κ1) is 11.3. The Kier molecular flexibility index (Phi) is 2.83. The second-order valence-electron chi connectivity index (χ2n) is 5.36. The average molecular weight is 237 g/mol. The molecule has 0 fully saturated rings. The average Bonchev–Trinajstić information content (AvgIpc) is 2.55. The van der Waals surface area contributed by atoms with Crippen LogP contribution in [-0.2, 0) is 6.54 Å². The molecule has 1 aliphatic rings. The minimum Gasteiger partial charge on any atom is -0.381 e. The molecule has 0 aromatic heterocycles. The first-order valence-electron chi connectivity index (χ1n) is 6.68. The highest BCUT2D eigenvalue weighted by molar-refractivity contribution is 5.59. The SMILES string of the molecule is CC(C)C1c2ccccc2CNc2ccccc21. The summed E-state index contributed by atoms with van der Waals surface area (Å²) in [6.07, 6.45) is 0. The van der Waals surface area contributed by atoms with Crippen LogP contribution in [0.15, 0.2) is 48.5 Å². The lowest BCUT2D eigenvalue weighted by Gasteiger charge is -2.23. The molecule has 1 nitrogen and oxygen atoms in total. The summed E-state index contributed by atoms with van der Waals surface area (Å²) in [4.78, 5) is 0. The number of benzene rings is 2. The number of fused-ring (bicyclic) bond motifs is 2. The van der Waals surface area contributed by atoms with Gasteiger partial charge in [-0.3, -0.25) is 0 Å². The third kappa shape index (κ3) is 1.80. The van der Waals surface area contributed by atoms with Gasteiger partial charge in [0.2, 0.25) is 0 Å². The van der Waals surface area contributed by atoms with Gasteiger partial charge < -0.3 is 5.32 Å². The van der Waals surface area contributed by atoms with E-state index in [1.807, 2.05) is 0 Å². The lowest BCUT2D eigenvalue weighted by atomic mass is 9.81. The van der Waals surface area contributed by atoms with E-state index >= 15 is 0 Å². The maximum atomic E-state index is 3.57. The summed E-state index contributed by atoms with van der Waals surface area (Å²) in [5, 5.41) is 3.57. The highest BCUT2D eigenvalue weighted by Crippen LogP contribution is 2.39. The van der Waals surface area contributed by atoms with Gasteiger partial charge in [0.05, 0.1) is 0 Å². The molecular weight excluding hydrogens is 218 g/mol. The Morgan fingerprint density at radius 2 is 1.61 bits per heavy atom. The Morgan fingerprint density at radius 1 is 0.944 bits per heavy atom. The lowest BCUT2D eigenvalue weighted by molar-refractivity contribution is 0.564. The Hall–Kier alpha value is -1.76. The highest BCUT2D eigenvalue weighted by atomic mass is 14.9. The largest absolute Gasteiger partial charge is 0.381 e. The smallest absolute Gasteiger partial charge is 0.0403 e. The van der Waals surface area contributed by atoms with E-state index in [-0.39, 0.29) is 0 Å².